The van der Waals surface area contributed by atoms with Crippen LogP contribution in [0, 0.1) is 5.92 Å². The predicted molar refractivity (Wildman–Crippen MR) is 75.9 cm³/mol. The van der Waals surface area contributed by atoms with E-state index < -0.39 is 23.6 Å². The first kappa shape index (κ1) is 19.3. The summed E-state index contributed by atoms with van der Waals surface area (Å²) in [5.74, 6) is -0.603. The third-order valence-corrected chi connectivity index (χ3v) is 4.94. The molecule has 0 aliphatic rings. The number of hydrogen-bond donors (Lipinski definition) is 0. The normalized spacial score (nSPS) is 16.6. The molecule has 0 heterocycles. The van der Waals surface area contributed by atoms with Crippen molar-refractivity contribution in [2.45, 2.75) is 30.7 Å². The second-order valence-electron chi connectivity index (χ2n) is 3.40. The standard InChI is InChI=1S/C9H17Cl4O4P/c1-4-15-18(14,16-5-2)17-7(3)8(6-10)9(11,12)13/h7-8H,4-6H2,1-3H3. The predicted octanol–water partition coefficient (Wildman–Crippen LogP) is 4.80. The van der Waals surface area contributed by atoms with Gasteiger partial charge >= 0.3 is 7.82 Å². The van der Waals surface area contributed by atoms with Gasteiger partial charge in [-0.2, -0.15) is 0 Å². The van der Waals surface area contributed by atoms with Gasteiger partial charge in [0, 0.05) is 11.8 Å². The molecule has 2 atom stereocenters. The summed E-state index contributed by atoms with van der Waals surface area (Å²) in [4.78, 5) is 0. The lowest BCUT2D eigenvalue weighted by atomic mass is 10.1. The van der Waals surface area contributed by atoms with Gasteiger partial charge < -0.3 is 0 Å². The molecule has 0 aliphatic carbocycles. The first-order chi connectivity index (χ1) is 8.20. The Hall–Kier alpha value is 1.27. The van der Waals surface area contributed by atoms with Crippen LogP contribution in [0.25, 0.3) is 0 Å². The molecule has 110 valence electrons. The highest BCUT2D eigenvalue weighted by Gasteiger charge is 2.40. The van der Waals surface area contributed by atoms with Gasteiger partial charge in [0.05, 0.1) is 19.3 Å². The van der Waals surface area contributed by atoms with Crippen LogP contribution in [0.5, 0.6) is 0 Å². The van der Waals surface area contributed by atoms with Crippen LogP contribution in [0.4, 0.5) is 0 Å². The molecule has 0 saturated carbocycles. The summed E-state index contributed by atoms with van der Waals surface area (Å²) in [6.07, 6.45) is -0.695. The Morgan fingerprint density at radius 1 is 1.17 bits per heavy atom. The van der Waals surface area contributed by atoms with Crippen LogP contribution in [0.3, 0.4) is 0 Å². The molecule has 0 aromatic carbocycles. The fourth-order valence-electron chi connectivity index (χ4n) is 1.17. The van der Waals surface area contributed by atoms with Crippen LogP contribution >= 0.6 is 54.2 Å². The van der Waals surface area contributed by atoms with E-state index in [9.17, 15) is 4.57 Å². The Labute approximate surface area is 128 Å². The first-order valence-electron chi connectivity index (χ1n) is 5.40. The van der Waals surface area contributed by atoms with Crippen molar-refractivity contribution in [1.29, 1.82) is 0 Å². The van der Waals surface area contributed by atoms with Crippen LogP contribution in [-0.2, 0) is 18.1 Å². The molecule has 0 amide bonds. The maximum Gasteiger partial charge on any atom is 0.475 e. The van der Waals surface area contributed by atoms with Crippen molar-refractivity contribution >= 4 is 54.2 Å². The number of phosphoric acid groups is 1. The molecule has 0 spiro atoms. The van der Waals surface area contributed by atoms with Crippen LogP contribution in [-0.4, -0.2) is 29.0 Å². The minimum Gasteiger partial charge on any atom is -0.287 e. The Bertz CT molecular complexity index is 274. The molecular formula is C9H17Cl4O4P. The summed E-state index contributed by atoms with van der Waals surface area (Å²) in [7, 11) is -3.65. The summed E-state index contributed by atoms with van der Waals surface area (Å²) >= 11 is 23.0. The Morgan fingerprint density at radius 3 is 1.89 bits per heavy atom. The maximum absolute atomic E-state index is 12.1. The lowest BCUT2D eigenvalue weighted by Crippen LogP contribution is -2.33. The van der Waals surface area contributed by atoms with Gasteiger partial charge in [-0.3, -0.25) is 13.6 Å². The van der Waals surface area contributed by atoms with Crippen molar-refractivity contribution in [2.24, 2.45) is 5.92 Å². The number of hydrogen-bond acceptors (Lipinski definition) is 4. The van der Waals surface area contributed by atoms with Crippen LogP contribution in [0.2, 0.25) is 0 Å². The minimum atomic E-state index is -3.65. The second-order valence-corrected chi connectivity index (χ2v) is 7.69. The number of halogens is 4. The van der Waals surface area contributed by atoms with Crippen molar-refractivity contribution in [3.63, 3.8) is 0 Å². The van der Waals surface area contributed by atoms with Gasteiger partial charge in [-0.05, 0) is 20.8 Å². The molecule has 0 rings (SSSR count). The molecule has 0 aromatic rings. The van der Waals surface area contributed by atoms with Crippen molar-refractivity contribution in [3.05, 3.63) is 0 Å². The van der Waals surface area contributed by atoms with E-state index in [1.54, 1.807) is 20.8 Å². The summed E-state index contributed by atoms with van der Waals surface area (Å²) in [6, 6.07) is 0. The van der Waals surface area contributed by atoms with Gasteiger partial charge in [-0.25, -0.2) is 4.57 Å². The topological polar surface area (TPSA) is 44.8 Å². The Balaban J connectivity index is 4.77. The average Bonchev–Trinajstić information content (AvgIpc) is 2.15. The number of alkyl halides is 4. The Morgan fingerprint density at radius 2 is 1.61 bits per heavy atom. The molecule has 0 saturated heterocycles. The maximum atomic E-state index is 12.1. The lowest BCUT2D eigenvalue weighted by molar-refractivity contribution is 0.0695. The van der Waals surface area contributed by atoms with Gasteiger partial charge in [0.25, 0.3) is 0 Å². The molecule has 0 fully saturated rings. The highest BCUT2D eigenvalue weighted by atomic mass is 35.6. The molecular weight excluding hydrogens is 345 g/mol. The van der Waals surface area contributed by atoms with Gasteiger partial charge in [-0.1, -0.05) is 34.8 Å². The molecule has 9 heteroatoms. The monoisotopic (exact) mass is 360 g/mol. The van der Waals surface area contributed by atoms with E-state index in [0.29, 0.717) is 0 Å². The SMILES string of the molecule is CCOP(=O)(OCC)OC(C)C(CCl)C(Cl)(Cl)Cl. The minimum absolute atomic E-state index is 0.0376. The van der Waals surface area contributed by atoms with Crippen LogP contribution < -0.4 is 0 Å². The second kappa shape index (κ2) is 8.53. The highest BCUT2D eigenvalue weighted by molar-refractivity contribution is 7.48. The van der Waals surface area contributed by atoms with Crippen molar-refractivity contribution in [2.75, 3.05) is 19.1 Å². The summed E-state index contributed by atoms with van der Waals surface area (Å²) in [5.41, 5.74) is 0. The molecule has 18 heavy (non-hydrogen) atoms. The van der Waals surface area contributed by atoms with E-state index >= 15 is 0 Å². The van der Waals surface area contributed by atoms with Crippen molar-refractivity contribution < 1.29 is 18.1 Å². The third kappa shape index (κ3) is 6.62. The molecule has 0 aromatic heterocycles. The lowest BCUT2D eigenvalue weighted by Gasteiger charge is -2.30. The van der Waals surface area contributed by atoms with Gasteiger partial charge in [0.1, 0.15) is 0 Å². The smallest absolute Gasteiger partial charge is 0.287 e. The van der Waals surface area contributed by atoms with Crippen LogP contribution in [0.1, 0.15) is 20.8 Å². The average molecular weight is 362 g/mol. The molecule has 0 bridgehead atoms. The van der Waals surface area contributed by atoms with Gasteiger partial charge in [0.2, 0.25) is 0 Å². The van der Waals surface area contributed by atoms with Crippen molar-refractivity contribution in [3.8, 4) is 0 Å². The first-order valence-corrected chi connectivity index (χ1v) is 8.53. The van der Waals surface area contributed by atoms with E-state index in [4.69, 9.17) is 60.0 Å². The summed E-state index contributed by atoms with van der Waals surface area (Å²) in [5, 5.41) is 0. The van der Waals surface area contributed by atoms with E-state index in [-0.39, 0.29) is 19.1 Å². The van der Waals surface area contributed by atoms with Gasteiger partial charge in [0.15, 0.2) is 3.79 Å². The molecule has 0 radical (unpaired) electrons. The van der Waals surface area contributed by atoms with E-state index in [1.165, 1.54) is 0 Å². The Kier molecular flexibility index (Phi) is 9.14. The highest BCUT2D eigenvalue weighted by Crippen LogP contribution is 2.52. The van der Waals surface area contributed by atoms with Crippen LogP contribution in [0.15, 0.2) is 0 Å². The van der Waals surface area contributed by atoms with E-state index in [0.717, 1.165) is 0 Å². The largest absolute Gasteiger partial charge is 0.475 e. The number of rotatable bonds is 8. The van der Waals surface area contributed by atoms with Gasteiger partial charge in [-0.15, -0.1) is 11.6 Å². The fraction of sp³-hybridized carbons (Fsp3) is 1.00. The molecule has 2 unspecified atom stereocenters. The fourth-order valence-corrected chi connectivity index (χ4v) is 4.04. The molecule has 4 nitrogen and oxygen atoms in total. The zero-order valence-electron chi connectivity index (χ0n) is 10.4. The summed E-state index contributed by atoms with van der Waals surface area (Å²) in [6.45, 7) is 5.31. The third-order valence-electron chi connectivity index (χ3n) is 2.02. The zero-order valence-corrected chi connectivity index (χ0v) is 14.3. The van der Waals surface area contributed by atoms with E-state index in [1.807, 2.05) is 0 Å². The molecule has 0 aliphatic heterocycles. The van der Waals surface area contributed by atoms with Crippen molar-refractivity contribution in [1.82, 2.24) is 0 Å². The number of phosphoric ester groups is 1. The summed E-state index contributed by atoms with van der Waals surface area (Å²) < 4.78 is 25.8. The van der Waals surface area contributed by atoms with E-state index in [2.05, 4.69) is 0 Å². The quantitative estimate of drug-likeness (QED) is 0.460. The molecule has 0 N–H and O–H groups in total. The zero-order chi connectivity index (χ0) is 14.4.